The maximum absolute atomic E-state index is 3.74. The molecule has 2 fully saturated rings. The molecule has 12 heavy (non-hydrogen) atoms. The molecule has 3 atom stereocenters. The smallest absolute Gasteiger partial charge is 0.00724 e. The largest absolute Gasteiger partial charge is 0.311 e. The molecule has 1 nitrogen and oxygen atoms in total. The van der Waals surface area contributed by atoms with Crippen molar-refractivity contribution < 1.29 is 0 Å². The maximum atomic E-state index is 3.74. The van der Waals surface area contributed by atoms with E-state index in [4.69, 9.17) is 0 Å². The van der Waals surface area contributed by atoms with E-state index < -0.39 is 0 Å². The summed E-state index contributed by atoms with van der Waals surface area (Å²) in [4.78, 5) is 0. The van der Waals surface area contributed by atoms with Crippen molar-refractivity contribution in [1.82, 2.24) is 5.32 Å². The summed E-state index contributed by atoms with van der Waals surface area (Å²) in [5.41, 5.74) is 0. The van der Waals surface area contributed by atoms with Gasteiger partial charge >= 0.3 is 0 Å². The number of hydrogen-bond donors (Lipinski definition) is 1. The second kappa shape index (κ2) is 3.37. The minimum atomic E-state index is 0.866. The van der Waals surface area contributed by atoms with Crippen LogP contribution >= 0.6 is 0 Å². The van der Waals surface area contributed by atoms with Gasteiger partial charge in [-0.1, -0.05) is 20.3 Å². The summed E-state index contributed by atoms with van der Waals surface area (Å²) >= 11 is 0. The molecule has 2 unspecified atom stereocenters. The van der Waals surface area contributed by atoms with Gasteiger partial charge in [0.05, 0.1) is 0 Å². The molecule has 70 valence electrons. The fraction of sp³-hybridized carbons (Fsp3) is 1.00. The van der Waals surface area contributed by atoms with E-state index in [2.05, 4.69) is 19.2 Å². The van der Waals surface area contributed by atoms with Gasteiger partial charge in [-0.2, -0.15) is 0 Å². The molecule has 2 saturated heterocycles. The Kier molecular flexibility index (Phi) is 2.40. The maximum Gasteiger partial charge on any atom is 0.00724 e. The minimum absolute atomic E-state index is 0.866. The van der Waals surface area contributed by atoms with Crippen LogP contribution in [0, 0.1) is 11.8 Å². The first kappa shape index (κ1) is 8.55. The Hall–Kier alpha value is -0.0400. The van der Waals surface area contributed by atoms with E-state index in [1.54, 1.807) is 0 Å². The molecule has 1 heteroatoms. The van der Waals surface area contributed by atoms with Gasteiger partial charge in [-0.05, 0) is 37.5 Å². The van der Waals surface area contributed by atoms with Crippen LogP contribution < -0.4 is 5.32 Å². The van der Waals surface area contributed by atoms with Crippen LogP contribution in [0.3, 0.4) is 0 Å². The van der Waals surface area contributed by atoms with Gasteiger partial charge in [0.2, 0.25) is 0 Å². The lowest BCUT2D eigenvalue weighted by molar-refractivity contribution is 0.154. The molecule has 1 N–H and O–H groups in total. The third-order valence-corrected chi connectivity index (χ3v) is 3.69. The highest BCUT2D eigenvalue weighted by Crippen LogP contribution is 2.33. The highest BCUT2D eigenvalue weighted by atomic mass is 15.0. The summed E-state index contributed by atoms with van der Waals surface area (Å²) in [5, 5.41) is 3.74. The molecule has 2 aliphatic heterocycles. The van der Waals surface area contributed by atoms with E-state index in [0.717, 1.165) is 23.9 Å². The summed E-state index contributed by atoms with van der Waals surface area (Å²) in [7, 11) is 0. The van der Waals surface area contributed by atoms with Crippen molar-refractivity contribution in [3.63, 3.8) is 0 Å². The molecule has 0 aromatic carbocycles. The number of nitrogens with one attached hydrogen (secondary N) is 1. The van der Waals surface area contributed by atoms with Crippen molar-refractivity contribution in [2.75, 3.05) is 0 Å². The quantitative estimate of drug-likeness (QED) is 0.633. The molecule has 0 amide bonds. The lowest BCUT2D eigenvalue weighted by atomic mass is 9.76. The first-order chi connectivity index (χ1) is 5.75. The van der Waals surface area contributed by atoms with Crippen LogP contribution in [0.2, 0.25) is 0 Å². The SMILES string of the molecule is CC(C)C1CC2CCC[C@@H](C1)N2. The van der Waals surface area contributed by atoms with E-state index in [1.807, 2.05) is 0 Å². The van der Waals surface area contributed by atoms with Crippen molar-refractivity contribution in [2.24, 2.45) is 11.8 Å². The molecule has 0 saturated carbocycles. The van der Waals surface area contributed by atoms with Crippen LogP contribution in [-0.2, 0) is 0 Å². The Morgan fingerprint density at radius 1 is 1.08 bits per heavy atom. The van der Waals surface area contributed by atoms with Crippen LogP contribution in [0.15, 0.2) is 0 Å². The summed E-state index contributed by atoms with van der Waals surface area (Å²) in [6.45, 7) is 4.76. The third kappa shape index (κ3) is 1.66. The predicted molar refractivity (Wildman–Crippen MR) is 52.1 cm³/mol. The Balaban J connectivity index is 1.96. The highest BCUT2D eigenvalue weighted by Gasteiger charge is 2.31. The fourth-order valence-corrected chi connectivity index (χ4v) is 2.85. The summed E-state index contributed by atoms with van der Waals surface area (Å²) in [5.74, 6) is 1.90. The predicted octanol–water partition coefficient (Wildman–Crippen LogP) is 2.56. The first-order valence-electron chi connectivity index (χ1n) is 5.51. The molecule has 2 bridgehead atoms. The number of rotatable bonds is 1. The van der Waals surface area contributed by atoms with Crippen molar-refractivity contribution >= 4 is 0 Å². The van der Waals surface area contributed by atoms with E-state index in [1.165, 1.54) is 32.1 Å². The summed E-state index contributed by atoms with van der Waals surface area (Å²) in [6.07, 6.45) is 7.20. The zero-order chi connectivity index (χ0) is 8.55. The Bertz CT molecular complexity index is 141. The topological polar surface area (TPSA) is 12.0 Å². The first-order valence-corrected chi connectivity index (χ1v) is 5.51. The molecule has 0 radical (unpaired) electrons. The van der Waals surface area contributed by atoms with Gasteiger partial charge in [0.1, 0.15) is 0 Å². The zero-order valence-corrected chi connectivity index (χ0v) is 8.34. The Morgan fingerprint density at radius 3 is 2.17 bits per heavy atom. The summed E-state index contributed by atoms with van der Waals surface area (Å²) < 4.78 is 0. The second-order valence-electron chi connectivity index (χ2n) is 4.97. The van der Waals surface area contributed by atoms with Crippen LogP contribution in [0.25, 0.3) is 0 Å². The standard InChI is InChI=1S/C11H21N/c1-8(2)9-6-10-4-3-5-11(7-9)12-10/h8-12H,3-7H2,1-2H3/t9?,10-,11?/m0/s1. The van der Waals surface area contributed by atoms with Gasteiger partial charge in [0, 0.05) is 12.1 Å². The van der Waals surface area contributed by atoms with Crippen molar-refractivity contribution in [3.05, 3.63) is 0 Å². The van der Waals surface area contributed by atoms with E-state index in [0.29, 0.717) is 0 Å². The normalized spacial score (nSPS) is 41.8. The van der Waals surface area contributed by atoms with Crippen molar-refractivity contribution in [2.45, 2.75) is 58.0 Å². The van der Waals surface area contributed by atoms with Gasteiger partial charge in [-0.15, -0.1) is 0 Å². The zero-order valence-electron chi connectivity index (χ0n) is 8.34. The molecule has 2 heterocycles. The van der Waals surface area contributed by atoms with Crippen LogP contribution in [0.4, 0.5) is 0 Å². The van der Waals surface area contributed by atoms with Crippen LogP contribution in [-0.4, -0.2) is 12.1 Å². The molecule has 2 rings (SSSR count). The molecule has 0 aromatic heterocycles. The lowest BCUT2D eigenvalue weighted by Crippen LogP contribution is -2.49. The average Bonchev–Trinajstić information content (AvgIpc) is 2.03. The van der Waals surface area contributed by atoms with Gasteiger partial charge in [0.15, 0.2) is 0 Å². The van der Waals surface area contributed by atoms with Gasteiger partial charge in [-0.3, -0.25) is 0 Å². The Labute approximate surface area is 75.9 Å². The number of fused-ring (bicyclic) bond motifs is 2. The van der Waals surface area contributed by atoms with Gasteiger partial charge < -0.3 is 5.32 Å². The average molecular weight is 167 g/mol. The third-order valence-electron chi connectivity index (χ3n) is 3.69. The lowest BCUT2D eigenvalue weighted by Gasteiger charge is -2.41. The fourth-order valence-electron chi connectivity index (χ4n) is 2.85. The Morgan fingerprint density at radius 2 is 1.67 bits per heavy atom. The van der Waals surface area contributed by atoms with E-state index in [9.17, 15) is 0 Å². The van der Waals surface area contributed by atoms with E-state index in [-0.39, 0.29) is 0 Å². The molecule has 0 aromatic rings. The molecular weight excluding hydrogens is 146 g/mol. The van der Waals surface area contributed by atoms with E-state index >= 15 is 0 Å². The molecule has 2 aliphatic rings. The molecule has 0 spiro atoms. The molecule has 0 aliphatic carbocycles. The van der Waals surface area contributed by atoms with Crippen molar-refractivity contribution in [3.8, 4) is 0 Å². The van der Waals surface area contributed by atoms with Crippen LogP contribution in [0.5, 0.6) is 0 Å². The monoisotopic (exact) mass is 167 g/mol. The summed E-state index contributed by atoms with van der Waals surface area (Å²) in [6, 6.07) is 1.73. The van der Waals surface area contributed by atoms with Crippen molar-refractivity contribution in [1.29, 1.82) is 0 Å². The molecular formula is C11H21N. The highest BCUT2D eigenvalue weighted by molar-refractivity contribution is 4.89. The number of hydrogen-bond acceptors (Lipinski definition) is 1. The number of piperidine rings is 2. The van der Waals surface area contributed by atoms with Crippen LogP contribution in [0.1, 0.15) is 46.0 Å². The second-order valence-corrected chi connectivity index (χ2v) is 4.97. The van der Waals surface area contributed by atoms with Gasteiger partial charge in [0.25, 0.3) is 0 Å². The minimum Gasteiger partial charge on any atom is -0.311 e. The van der Waals surface area contributed by atoms with Gasteiger partial charge in [-0.25, -0.2) is 0 Å².